The molecular formula is C24H31N3O3S. The number of hydrogen-bond donors (Lipinski definition) is 0. The molecule has 0 N–H and O–H groups in total. The predicted molar refractivity (Wildman–Crippen MR) is 123 cm³/mol. The maximum absolute atomic E-state index is 13.3. The van der Waals surface area contributed by atoms with Crippen molar-refractivity contribution in [2.75, 3.05) is 31.1 Å². The summed E-state index contributed by atoms with van der Waals surface area (Å²) in [6.07, 6.45) is 2.37. The van der Waals surface area contributed by atoms with Crippen LogP contribution in [-0.4, -0.2) is 61.8 Å². The Morgan fingerprint density at radius 1 is 0.935 bits per heavy atom. The van der Waals surface area contributed by atoms with Gasteiger partial charge in [-0.05, 0) is 56.5 Å². The average molecular weight is 442 g/mol. The number of carbonyl (C=O) groups is 1. The van der Waals surface area contributed by atoms with Gasteiger partial charge in [0.05, 0.1) is 4.90 Å². The molecule has 166 valence electrons. The Kier molecular flexibility index (Phi) is 6.46. The summed E-state index contributed by atoms with van der Waals surface area (Å²) in [6.45, 7) is 6.78. The van der Waals surface area contributed by atoms with E-state index in [1.54, 1.807) is 33.5 Å². The first-order valence-electron chi connectivity index (χ1n) is 11.1. The molecule has 2 atom stereocenters. The monoisotopic (exact) mass is 441 g/mol. The molecule has 2 aromatic carbocycles. The molecule has 0 aliphatic carbocycles. The van der Waals surface area contributed by atoms with Gasteiger partial charge in [0.15, 0.2) is 0 Å². The number of hydrogen-bond acceptors (Lipinski definition) is 4. The molecule has 4 rings (SSSR count). The molecule has 0 aromatic heterocycles. The Hall–Kier alpha value is -2.22. The third kappa shape index (κ3) is 4.68. The summed E-state index contributed by atoms with van der Waals surface area (Å²) < 4.78 is 28.2. The van der Waals surface area contributed by atoms with Gasteiger partial charge in [0.2, 0.25) is 15.9 Å². The number of benzene rings is 2. The smallest absolute Gasteiger partial charge is 0.243 e. The Morgan fingerprint density at radius 2 is 1.58 bits per heavy atom. The summed E-state index contributed by atoms with van der Waals surface area (Å²) in [4.78, 5) is 16.4. The number of rotatable bonds is 6. The van der Waals surface area contributed by atoms with Crippen molar-refractivity contribution in [3.8, 4) is 0 Å². The van der Waals surface area contributed by atoms with E-state index in [1.165, 1.54) is 5.56 Å². The largest absolute Gasteiger partial charge is 0.312 e. The van der Waals surface area contributed by atoms with E-state index >= 15 is 0 Å². The van der Waals surface area contributed by atoms with E-state index in [4.69, 9.17) is 0 Å². The van der Waals surface area contributed by atoms with E-state index in [0.29, 0.717) is 31.0 Å². The molecule has 2 saturated heterocycles. The summed E-state index contributed by atoms with van der Waals surface area (Å²) >= 11 is 0. The van der Waals surface area contributed by atoms with Gasteiger partial charge in [-0.1, -0.05) is 30.3 Å². The summed E-state index contributed by atoms with van der Waals surface area (Å²) in [6, 6.07) is 17.4. The zero-order valence-electron chi connectivity index (χ0n) is 18.3. The summed E-state index contributed by atoms with van der Waals surface area (Å²) in [5, 5.41) is 0. The van der Waals surface area contributed by atoms with Crippen molar-refractivity contribution >= 4 is 21.6 Å². The molecule has 1 amide bonds. The fourth-order valence-electron chi connectivity index (χ4n) is 4.72. The van der Waals surface area contributed by atoms with Gasteiger partial charge in [0.1, 0.15) is 0 Å². The zero-order chi connectivity index (χ0) is 22.0. The first kappa shape index (κ1) is 22.0. The molecule has 2 aromatic rings. The van der Waals surface area contributed by atoms with Gasteiger partial charge >= 0.3 is 0 Å². The summed E-state index contributed by atoms with van der Waals surface area (Å²) in [5.74, 6) is 0.102. The highest BCUT2D eigenvalue weighted by molar-refractivity contribution is 7.89. The van der Waals surface area contributed by atoms with Crippen LogP contribution in [0.15, 0.2) is 59.5 Å². The third-order valence-corrected chi connectivity index (χ3v) is 8.27. The minimum atomic E-state index is -3.57. The topological polar surface area (TPSA) is 60.9 Å². The molecule has 2 aliphatic rings. The van der Waals surface area contributed by atoms with Crippen LogP contribution in [0, 0.1) is 0 Å². The molecular weight excluding hydrogens is 410 g/mol. The second-order valence-electron chi connectivity index (χ2n) is 8.64. The van der Waals surface area contributed by atoms with Gasteiger partial charge in [-0.3, -0.25) is 9.69 Å². The van der Waals surface area contributed by atoms with E-state index in [-0.39, 0.29) is 18.0 Å². The van der Waals surface area contributed by atoms with Crippen LogP contribution in [0.25, 0.3) is 0 Å². The average Bonchev–Trinajstić information content (AvgIpc) is 3.19. The lowest BCUT2D eigenvalue weighted by Gasteiger charge is -2.43. The fourth-order valence-corrected chi connectivity index (χ4v) is 6.32. The lowest BCUT2D eigenvalue weighted by molar-refractivity contribution is -0.117. The molecule has 2 aliphatic heterocycles. The number of anilines is 1. The van der Waals surface area contributed by atoms with Crippen LogP contribution < -0.4 is 4.90 Å². The number of amides is 1. The van der Waals surface area contributed by atoms with Gasteiger partial charge in [0.25, 0.3) is 0 Å². The lowest BCUT2D eigenvalue weighted by Crippen LogP contribution is -2.58. The highest BCUT2D eigenvalue weighted by atomic mass is 32.2. The minimum Gasteiger partial charge on any atom is -0.312 e. The molecule has 0 spiro atoms. The van der Waals surface area contributed by atoms with E-state index in [0.717, 1.165) is 25.1 Å². The number of piperazine rings is 1. The summed E-state index contributed by atoms with van der Waals surface area (Å²) in [7, 11) is -3.57. The first-order valence-corrected chi connectivity index (χ1v) is 12.5. The van der Waals surface area contributed by atoms with Crippen molar-refractivity contribution in [2.45, 2.75) is 50.1 Å². The highest BCUT2D eigenvalue weighted by Crippen LogP contribution is 2.27. The second kappa shape index (κ2) is 9.10. The maximum atomic E-state index is 13.3. The number of carbonyl (C=O) groups excluding carboxylic acids is 1. The van der Waals surface area contributed by atoms with Crippen molar-refractivity contribution < 1.29 is 13.2 Å². The number of nitrogens with zero attached hydrogens (tertiary/aromatic N) is 3. The maximum Gasteiger partial charge on any atom is 0.243 e. The van der Waals surface area contributed by atoms with Crippen LogP contribution in [0.3, 0.4) is 0 Å². The van der Waals surface area contributed by atoms with Crippen molar-refractivity contribution in [1.29, 1.82) is 0 Å². The standard InChI is InChI=1S/C24H31N3O3S/c1-19-17-25(18-20(2)26(19)16-14-21-7-4-3-5-8-21)31(29,30)23-12-10-22(11-13-23)27-15-6-9-24(27)28/h3-5,7-8,10-13,19-20H,6,9,14-18H2,1-2H3. The molecule has 6 nitrogen and oxygen atoms in total. The highest BCUT2D eigenvalue weighted by Gasteiger charge is 2.36. The normalized spacial score (nSPS) is 23.4. The zero-order valence-corrected chi connectivity index (χ0v) is 19.1. The Labute approximate surface area is 185 Å². The van der Waals surface area contributed by atoms with Gasteiger partial charge in [-0.2, -0.15) is 4.31 Å². The van der Waals surface area contributed by atoms with Crippen LogP contribution in [0.1, 0.15) is 32.3 Å². The lowest BCUT2D eigenvalue weighted by atomic mass is 10.1. The minimum absolute atomic E-state index is 0.102. The second-order valence-corrected chi connectivity index (χ2v) is 10.6. The van der Waals surface area contributed by atoms with E-state index in [1.807, 2.05) is 6.07 Å². The van der Waals surface area contributed by atoms with Crippen LogP contribution >= 0.6 is 0 Å². The number of sulfonamides is 1. The van der Waals surface area contributed by atoms with E-state index < -0.39 is 10.0 Å². The van der Waals surface area contributed by atoms with Crippen LogP contribution in [-0.2, 0) is 21.2 Å². The molecule has 0 saturated carbocycles. The third-order valence-electron chi connectivity index (χ3n) is 6.43. The SMILES string of the molecule is CC1CN(S(=O)(=O)c2ccc(N3CCCC3=O)cc2)CC(C)N1CCc1ccccc1. The predicted octanol–water partition coefficient (Wildman–Crippen LogP) is 3.14. The van der Waals surface area contributed by atoms with Gasteiger partial charge in [-0.15, -0.1) is 0 Å². The molecule has 2 unspecified atom stereocenters. The van der Waals surface area contributed by atoms with Crippen molar-refractivity contribution in [1.82, 2.24) is 9.21 Å². The molecule has 2 fully saturated rings. The fraction of sp³-hybridized carbons (Fsp3) is 0.458. The van der Waals surface area contributed by atoms with Crippen molar-refractivity contribution in [3.05, 3.63) is 60.2 Å². The Bertz CT molecular complexity index is 996. The molecule has 0 bridgehead atoms. The Morgan fingerprint density at radius 3 is 2.16 bits per heavy atom. The van der Waals surface area contributed by atoms with E-state index in [9.17, 15) is 13.2 Å². The van der Waals surface area contributed by atoms with Crippen LogP contribution in [0.5, 0.6) is 0 Å². The van der Waals surface area contributed by atoms with Gasteiger partial charge < -0.3 is 4.90 Å². The van der Waals surface area contributed by atoms with Gasteiger partial charge in [0, 0.05) is 50.4 Å². The molecule has 31 heavy (non-hydrogen) atoms. The molecule has 7 heteroatoms. The van der Waals surface area contributed by atoms with Crippen molar-refractivity contribution in [3.63, 3.8) is 0 Å². The summed E-state index contributed by atoms with van der Waals surface area (Å²) in [5.41, 5.74) is 2.07. The molecule has 2 heterocycles. The van der Waals surface area contributed by atoms with Gasteiger partial charge in [-0.25, -0.2) is 8.42 Å². The van der Waals surface area contributed by atoms with E-state index in [2.05, 4.69) is 43.0 Å². The molecule has 0 radical (unpaired) electrons. The van der Waals surface area contributed by atoms with Crippen LogP contribution in [0.2, 0.25) is 0 Å². The quantitative estimate of drug-likeness (QED) is 0.691. The Balaban J connectivity index is 1.42. The van der Waals surface area contributed by atoms with Crippen molar-refractivity contribution in [2.24, 2.45) is 0 Å². The first-order chi connectivity index (χ1) is 14.9. The van der Waals surface area contributed by atoms with Crippen LogP contribution in [0.4, 0.5) is 5.69 Å².